The molecular weight excluding hydrogens is 483 g/mol. The van der Waals surface area contributed by atoms with Crippen LogP contribution in [-0.2, 0) is 9.53 Å². The van der Waals surface area contributed by atoms with E-state index >= 15 is 0 Å². The molecule has 0 radical (unpaired) electrons. The molecule has 10 heteroatoms. The number of methoxy groups -OCH3 is 2. The molecule has 34 heavy (non-hydrogen) atoms. The number of halogens is 2. The smallest absolute Gasteiger partial charge is 0.338 e. The van der Waals surface area contributed by atoms with Gasteiger partial charge in [-0.25, -0.2) is 9.80 Å². The summed E-state index contributed by atoms with van der Waals surface area (Å²) in [5.74, 6) is -0.127. The topological polar surface area (TPSA) is 90.6 Å². The van der Waals surface area contributed by atoms with Crippen LogP contribution in [0.1, 0.15) is 34.1 Å². The highest BCUT2D eigenvalue weighted by Gasteiger charge is 2.35. The molecule has 0 aliphatic carbocycles. The van der Waals surface area contributed by atoms with Gasteiger partial charge in [0, 0.05) is 11.4 Å². The number of hydrogen-bond donors (Lipinski definition) is 0. The summed E-state index contributed by atoms with van der Waals surface area (Å²) in [4.78, 5) is 25.6. The van der Waals surface area contributed by atoms with Crippen molar-refractivity contribution in [1.82, 2.24) is 5.01 Å². The average molecular weight is 503 g/mol. The average Bonchev–Trinajstić information content (AvgIpc) is 3.52. The number of esters is 1. The maximum Gasteiger partial charge on any atom is 0.338 e. The predicted molar refractivity (Wildman–Crippen MR) is 126 cm³/mol. The molecule has 1 amide bonds. The lowest BCUT2D eigenvalue weighted by atomic mass is 10.0. The second-order valence-electron chi connectivity index (χ2n) is 7.30. The second-order valence-corrected chi connectivity index (χ2v) is 8.14. The fourth-order valence-electron chi connectivity index (χ4n) is 3.57. The van der Waals surface area contributed by atoms with Gasteiger partial charge in [-0.1, -0.05) is 35.3 Å². The third-order valence-corrected chi connectivity index (χ3v) is 5.74. The molecule has 2 heterocycles. The lowest BCUT2D eigenvalue weighted by molar-refractivity contribution is -0.136. The van der Waals surface area contributed by atoms with Crippen molar-refractivity contribution in [3.05, 3.63) is 81.7 Å². The van der Waals surface area contributed by atoms with Crippen LogP contribution in [0.25, 0.3) is 0 Å². The fourth-order valence-corrected chi connectivity index (χ4v) is 3.99. The monoisotopic (exact) mass is 502 g/mol. The second kappa shape index (κ2) is 10.2. The molecule has 0 fully saturated rings. The van der Waals surface area contributed by atoms with E-state index in [-0.39, 0.29) is 16.3 Å². The Morgan fingerprint density at radius 2 is 1.88 bits per heavy atom. The standard InChI is InChI=1S/C24H20Cl2N2O6/c1-31-21-11-15(10-17(26)23(21)32-2)24(30)34-13-22(29)28-19(20-4-3-9-33-20)12-18(27-28)14-5-7-16(25)8-6-14/h3-11,19H,12-13H2,1-2H3. The molecule has 1 aliphatic rings. The van der Waals surface area contributed by atoms with Gasteiger partial charge in [-0.05, 0) is 42.0 Å². The van der Waals surface area contributed by atoms with Crippen LogP contribution in [0.15, 0.2) is 64.3 Å². The van der Waals surface area contributed by atoms with Crippen LogP contribution in [0.2, 0.25) is 10.0 Å². The van der Waals surface area contributed by atoms with Gasteiger partial charge in [-0.15, -0.1) is 0 Å². The molecule has 4 rings (SSSR count). The highest BCUT2D eigenvalue weighted by Crippen LogP contribution is 2.36. The first-order chi connectivity index (χ1) is 16.4. The summed E-state index contributed by atoms with van der Waals surface area (Å²) in [7, 11) is 2.86. The zero-order valence-electron chi connectivity index (χ0n) is 18.3. The molecule has 2 aromatic carbocycles. The van der Waals surface area contributed by atoms with Crippen molar-refractivity contribution in [2.24, 2.45) is 5.10 Å². The summed E-state index contributed by atoms with van der Waals surface area (Å²) in [6.45, 7) is -0.528. The van der Waals surface area contributed by atoms with Gasteiger partial charge in [-0.2, -0.15) is 5.10 Å². The Morgan fingerprint density at radius 3 is 2.53 bits per heavy atom. The number of nitrogens with zero attached hydrogens (tertiary/aromatic N) is 2. The van der Waals surface area contributed by atoms with Gasteiger partial charge in [0.25, 0.3) is 5.91 Å². The number of benzene rings is 2. The van der Waals surface area contributed by atoms with Crippen LogP contribution in [-0.4, -0.2) is 43.4 Å². The number of hydrogen-bond acceptors (Lipinski definition) is 7. The van der Waals surface area contributed by atoms with Crippen LogP contribution in [0.4, 0.5) is 0 Å². The van der Waals surface area contributed by atoms with Gasteiger partial charge < -0.3 is 18.6 Å². The number of furan rings is 1. The maximum absolute atomic E-state index is 13.0. The summed E-state index contributed by atoms with van der Waals surface area (Å²) >= 11 is 12.1. The maximum atomic E-state index is 13.0. The minimum absolute atomic E-state index is 0.116. The van der Waals surface area contributed by atoms with Crippen molar-refractivity contribution in [1.29, 1.82) is 0 Å². The number of rotatable bonds is 7. The lowest BCUT2D eigenvalue weighted by Crippen LogP contribution is -2.31. The number of carbonyl (C=O) groups excluding carboxylic acids is 2. The van der Waals surface area contributed by atoms with E-state index in [0.29, 0.717) is 28.7 Å². The predicted octanol–water partition coefficient (Wildman–Crippen LogP) is 5.14. The fraction of sp³-hybridized carbons (Fsp3) is 0.208. The van der Waals surface area contributed by atoms with Gasteiger partial charge in [0.05, 0.1) is 36.8 Å². The molecule has 1 atom stereocenters. The molecule has 0 saturated heterocycles. The molecule has 3 aromatic rings. The first kappa shape index (κ1) is 23.7. The number of ether oxygens (including phenoxy) is 3. The normalized spacial score (nSPS) is 15.1. The Labute approximate surface area is 205 Å². The van der Waals surface area contributed by atoms with Crippen molar-refractivity contribution in [3.63, 3.8) is 0 Å². The summed E-state index contributed by atoms with van der Waals surface area (Å²) in [5.41, 5.74) is 1.63. The van der Waals surface area contributed by atoms with Crippen molar-refractivity contribution in [2.75, 3.05) is 20.8 Å². The lowest BCUT2D eigenvalue weighted by Gasteiger charge is -2.19. The van der Waals surface area contributed by atoms with Crippen LogP contribution < -0.4 is 9.47 Å². The van der Waals surface area contributed by atoms with E-state index in [1.165, 1.54) is 37.6 Å². The Hall–Kier alpha value is -3.49. The SMILES string of the molecule is COc1cc(C(=O)OCC(=O)N2N=C(c3ccc(Cl)cc3)CC2c2ccco2)cc(Cl)c1OC. The van der Waals surface area contributed by atoms with E-state index in [4.69, 9.17) is 41.8 Å². The van der Waals surface area contributed by atoms with E-state index in [0.717, 1.165) is 5.56 Å². The number of carbonyl (C=O) groups is 2. The number of amides is 1. The van der Waals surface area contributed by atoms with Gasteiger partial charge in [0.15, 0.2) is 18.1 Å². The van der Waals surface area contributed by atoms with E-state index < -0.39 is 24.5 Å². The van der Waals surface area contributed by atoms with Gasteiger partial charge in [0.2, 0.25) is 0 Å². The van der Waals surface area contributed by atoms with Crippen molar-refractivity contribution in [2.45, 2.75) is 12.5 Å². The molecule has 0 N–H and O–H groups in total. The van der Waals surface area contributed by atoms with Crippen LogP contribution in [0.3, 0.4) is 0 Å². The highest BCUT2D eigenvalue weighted by atomic mass is 35.5. The molecule has 0 bridgehead atoms. The summed E-state index contributed by atoms with van der Waals surface area (Å²) in [5, 5.41) is 6.54. The number of hydrazone groups is 1. The summed E-state index contributed by atoms with van der Waals surface area (Å²) in [6, 6.07) is 13.0. The Kier molecular flexibility index (Phi) is 7.09. The van der Waals surface area contributed by atoms with Crippen molar-refractivity contribution >= 4 is 40.8 Å². The Balaban J connectivity index is 1.51. The largest absolute Gasteiger partial charge is 0.493 e. The first-order valence-corrected chi connectivity index (χ1v) is 10.9. The van der Waals surface area contributed by atoms with Gasteiger partial charge in [-0.3, -0.25) is 4.79 Å². The summed E-state index contributed by atoms with van der Waals surface area (Å²) in [6.07, 6.45) is 1.96. The van der Waals surface area contributed by atoms with E-state index in [1.807, 2.05) is 12.1 Å². The Morgan fingerprint density at radius 1 is 1.12 bits per heavy atom. The molecular formula is C24H20Cl2N2O6. The first-order valence-electron chi connectivity index (χ1n) is 10.2. The minimum Gasteiger partial charge on any atom is -0.493 e. The third kappa shape index (κ3) is 4.88. The zero-order valence-corrected chi connectivity index (χ0v) is 19.8. The molecule has 0 saturated carbocycles. The minimum atomic E-state index is -0.744. The molecule has 1 aliphatic heterocycles. The third-order valence-electron chi connectivity index (χ3n) is 5.21. The molecule has 0 spiro atoms. The van der Waals surface area contributed by atoms with E-state index in [9.17, 15) is 9.59 Å². The molecule has 1 aromatic heterocycles. The molecule has 8 nitrogen and oxygen atoms in total. The van der Waals surface area contributed by atoms with Gasteiger partial charge in [0.1, 0.15) is 11.8 Å². The van der Waals surface area contributed by atoms with Crippen LogP contribution in [0.5, 0.6) is 11.5 Å². The Bertz CT molecular complexity index is 1230. The highest BCUT2D eigenvalue weighted by molar-refractivity contribution is 6.32. The van der Waals surface area contributed by atoms with Gasteiger partial charge >= 0.3 is 5.97 Å². The zero-order chi connectivity index (χ0) is 24.2. The van der Waals surface area contributed by atoms with Crippen molar-refractivity contribution < 1.29 is 28.2 Å². The molecule has 176 valence electrons. The van der Waals surface area contributed by atoms with E-state index in [2.05, 4.69) is 5.10 Å². The molecule has 1 unspecified atom stereocenters. The van der Waals surface area contributed by atoms with E-state index in [1.54, 1.807) is 24.3 Å². The van der Waals surface area contributed by atoms with Crippen LogP contribution >= 0.6 is 23.2 Å². The van der Waals surface area contributed by atoms with Crippen molar-refractivity contribution in [3.8, 4) is 11.5 Å². The quantitative estimate of drug-likeness (QED) is 0.415. The summed E-state index contributed by atoms with van der Waals surface area (Å²) < 4.78 is 21.1. The van der Waals surface area contributed by atoms with Crippen LogP contribution in [0, 0.1) is 0 Å².